The van der Waals surface area contributed by atoms with Crippen LogP contribution in [0.15, 0.2) is 52.8 Å². The van der Waals surface area contributed by atoms with Crippen molar-refractivity contribution in [3.8, 4) is 0 Å². The van der Waals surface area contributed by atoms with Gasteiger partial charge in [0.1, 0.15) is 5.57 Å². The van der Waals surface area contributed by atoms with Crippen molar-refractivity contribution in [1.29, 1.82) is 0 Å². The van der Waals surface area contributed by atoms with E-state index in [2.05, 4.69) is 5.32 Å². The Labute approximate surface area is 165 Å². The van der Waals surface area contributed by atoms with E-state index in [-0.39, 0.29) is 11.3 Å². The summed E-state index contributed by atoms with van der Waals surface area (Å²) in [7, 11) is 3.32. The highest BCUT2D eigenvalue weighted by molar-refractivity contribution is 6.39. The maximum atomic E-state index is 13.0. The van der Waals surface area contributed by atoms with Crippen LogP contribution in [0.4, 0.5) is 10.5 Å². The number of carbonyl (C=O) groups excluding carboxylic acids is 3. The molecule has 1 N–H and O–H groups in total. The van der Waals surface area contributed by atoms with Crippen LogP contribution in [0.2, 0.25) is 0 Å². The minimum absolute atomic E-state index is 0.159. The summed E-state index contributed by atoms with van der Waals surface area (Å²) in [6.45, 7) is 1.78. The second kappa shape index (κ2) is 6.59. The molecule has 0 saturated carbocycles. The molecule has 8 heteroatoms. The molecule has 0 unspecified atom stereocenters. The number of aryl methyl sites for hydroxylation is 3. The molecule has 2 aromatic carbocycles. The molecule has 3 aromatic rings. The average Bonchev–Trinajstić information content (AvgIpc) is 2.90. The first-order valence-corrected chi connectivity index (χ1v) is 8.92. The van der Waals surface area contributed by atoms with Crippen LogP contribution in [-0.4, -0.2) is 27.0 Å². The second-order valence-corrected chi connectivity index (χ2v) is 6.89. The maximum Gasteiger partial charge on any atom is 0.335 e. The molecule has 1 aromatic heterocycles. The SMILES string of the molecule is Cc1ccccc1N1C(=O)NC(=O)/C(=C\c2ccc3c(c2)n(C)c(=O)n3C)C1=O. The molecule has 0 radical (unpaired) electrons. The summed E-state index contributed by atoms with van der Waals surface area (Å²) in [5.41, 5.74) is 2.77. The van der Waals surface area contributed by atoms with Crippen molar-refractivity contribution in [2.24, 2.45) is 14.1 Å². The number of amides is 4. The van der Waals surface area contributed by atoms with Crippen LogP contribution in [0.25, 0.3) is 17.1 Å². The molecule has 1 aliphatic heterocycles. The Kier molecular flexibility index (Phi) is 4.19. The number of barbiturate groups is 1. The molecule has 1 saturated heterocycles. The van der Waals surface area contributed by atoms with E-state index >= 15 is 0 Å². The maximum absolute atomic E-state index is 13.0. The van der Waals surface area contributed by atoms with Gasteiger partial charge in [-0.1, -0.05) is 24.3 Å². The fourth-order valence-electron chi connectivity index (χ4n) is 3.47. The van der Waals surface area contributed by atoms with Crippen molar-refractivity contribution in [1.82, 2.24) is 14.5 Å². The molecule has 0 spiro atoms. The van der Waals surface area contributed by atoms with Crippen molar-refractivity contribution in [3.63, 3.8) is 0 Å². The Hall–Kier alpha value is -3.94. The molecule has 1 aliphatic rings. The normalized spacial score (nSPS) is 16.0. The Morgan fingerprint density at radius 3 is 2.31 bits per heavy atom. The number of para-hydroxylation sites is 1. The van der Waals surface area contributed by atoms with Crippen LogP contribution in [0, 0.1) is 6.92 Å². The van der Waals surface area contributed by atoms with Crippen molar-refractivity contribution >= 4 is 40.6 Å². The summed E-state index contributed by atoms with van der Waals surface area (Å²) in [6.07, 6.45) is 1.42. The van der Waals surface area contributed by atoms with Crippen LogP contribution in [0.5, 0.6) is 0 Å². The number of nitrogens with zero attached hydrogens (tertiary/aromatic N) is 3. The molecule has 29 heavy (non-hydrogen) atoms. The highest BCUT2D eigenvalue weighted by Crippen LogP contribution is 2.25. The fourth-order valence-corrected chi connectivity index (χ4v) is 3.47. The van der Waals surface area contributed by atoms with E-state index in [1.807, 2.05) is 0 Å². The summed E-state index contributed by atoms with van der Waals surface area (Å²) in [5, 5.41) is 2.22. The number of imidazole rings is 1. The molecule has 0 aliphatic carbocycles. The standard InChI is InChI=1S/C21H18N4O4/c1-12-6-4-5-7-15(12)25-19(27)14(18(26)22-20(25)28)10-13-8-9-16-17(11-13)24(3)21(29)23(16)2/h4-11H,1-3H3,(H,22,26,28)/b14-10+. The lowest BCUT2D eigenvalue weighted by Gasteiger charge is -2.27. The van der Waals surface area contributed by atoms with E-state index in [1.165, 1.54) is 15.2 Å². The Bertz CT molecular complexity index is 1300. The van der Waals surface area contributed by atoms with Gasteiger partial charge in [0.25, 0.3) is 11.8 Å². The Morgan fingerprint density at radius 2 is 1.59 bits per heavy atom. The van der Waals surface area contributed by atoms with Crippen LogP contribution in [0.3, 0.4) is 0 Å². The van der Waals surface area contributed by atoms with Crippen molar-refractivity contribution in [3.05, 3.63) is 69.6 Å². The van der Waals surface area contributed by atoms with E-state index in [4.69, 9.17) is 0 Å². The lowest BCUT2D eigenvalue weighted by atomic mass is 10.1. The Morgan fingerprint density at radius 1 is 0.897 bits per heavy atom. The number of urea groups is 1. The van der Waals surface area contributed by atoms with Gasteiger partial charge in [-0.2, -0.15) is 0 Å². The van der Waals surface area contributed by atoms with Gasteiger partial charge < -0.3 is 0 Å². The van der Waals surface area contributed by atoms with E-state index in [1.54, 1.807) is 63.5 Å². The zero-order chi connectivity index (χ0) is 20.9. The van der Waals surface area contributed by atoms with Gasteiger partial charge in [-0.25, -0.2) is 14.5 Å². The summed E-state index contributed by atoms with van der Waals surface area (Å²) < 4.78 is 3.01. The number of aromatic nitrogens is 2. The number of imide groups is 2. The lowest BCUT2D eigenvalue weighted by molar-refractivity contribution is -0.122. The van der Waals surface area contributed by atoms with Gasteiger partial charge in [0.2, 0.25) is 0 Å². The quantitative estimate of drug-likeness (QED) is 0.534. The summed E-state index contributed by atoms with van der Waals surface area (Å²) in [6, 6.07) is 11.3. The first-order valence-electron chi connectivity index (χ1n) is 8.92. The first-order chi connectivity index (χ1) is 13.8. The highest BCUT2D eigenvalue weighted by Gasteiger charge is 2.37. The summed E-state index contributed by atoms with van der Waals surface area (Å²) in [4.78, 5) is 50.8. The van der Waals surface area contributed by atoms with E-state index in [0.29, 0.717) is 16.8 Å². The predicted octanol–water partition coefficient (Wildman–Crippen LogP) is 1.85. The zero-order valence-corrected chi connectivity index (χ0v) is 16.1. The van der Waals surface area contributed by atoms with Gasteiger partial charge in [-0.15, -0.1) is 0 Å². The number of fused-ring (bicyclic) bond motifs is 1. The zero-order valence-electron chi connectivity index (χ0n) is 16.1. The Balaban J connectivity index is 1.81. The fraction of sp³-hybridized carbons (Fsp3) is 0.143. The number of hydrogen-bond acceptors (Lipinski definition) is 4. The topological polar surface area (TPSA) is 93.4 Å². The van der Waals surface area contributed by atoms with Crippen molar-refractivity contribution in [2.75, 3.05) is 4.90 Å². The molecule has 146 valence electrons. The molecule has 0 bridgehead atoms. The number of carbonyl (C=O) groups is 3. The largest absolute Gasteiger partial charge is 0.335 e. The van der Waals surface area contributed by atoms with Gasteiger partial charge in [0.15, 0.2) is 0 Å². The number of hydrogen-bond donors (Lipinski definition) is 1. The van der Waals surface area contributed by atoms with E-state index in [0.717, 1.165) is 16.0 Å². The molecule has 8 nitrogen and oxygen atoms in total. The van der Waals surface area contributed by atoms with Crippen LogP contribution < -0.4 is 15.9 Å². The van der Waals surface area contributed by atoms with E-state index < -0.39 is 17.8 Å². The molecular weight excluding hydrogens is 372 g/mol. The lowest BCUT2D eigenvalue weighted by Crippen LogP contribution is -2.54. The van der Waals surface area contributed by atoms with Crippen molar-refractivity contribution < 1.29 is 14.4 Å². The average molecular weight is 390 g/mol. The molecule has 1 fully saturated rings. The molecular formula is C21H18N4O4. The van der Waals surface area contributed by atoms with Gasteiger partial charge in [0.05, 0.1) is 16.7 Å². The minimum atomic E-state index is -0.785. The number of anilines is 1. The number of rotatable bonds is 2. The monoisotopic (exact) mass is 390 g/mol. The predicted molar refractivity (Wildman–Crippen MR) is 108 cm³/mol. The van der Waals surface area contributed by atoms with Crippen LogP contribution in [-0.2, 0) is 23.7 Å². The third-order valence-corrected chi connectivity index (χ3v) is 5.07. The summed E-state index contributed by atoms with van der Waals surface area (Å²) in [5.74, 6) is -1.46. The number of benzene rings is 2. The van der Waals surface area contributed by atoms with Crippen LogP contribution in [0.1, 0.15) is 11.1 Å². The van der Waals surface area contributed by atoms with Gasteiger partial charge in [0, 0.05) is 14.1 Å². The van der Waals surface area contributed by atoms with Gasteiger partial charge in [-0.3, -0.25) is 24.0 Å². The molecule has 2 heterocycles. The third kappa shape index (κ3) is 2.85. The minimum Gasteiger partial charge on any atom is -0.295 e. The third-order valence-electron chi connectivity index (χ3n) is 5.07. The van der Waals surface area contributed by atoms with Crippen molar-refractivity contribution in [2.45, 2.75) is 6.92 Å². The first kappa shape index (κ1) is 18.4. The number of nitrogens with one attached hydrogen (secondary N) is 1. The highest BCUT2D eigenvalue weighted by atomic mass is 16.2. The second-order valence-electron chi connectivity index (χ2n) is 6.89. The molecule has 0 atom stereocenters. The molecule has 4 rings (SSSR count). The molecule has 4 amide bonds. The van der Waals surface area contributed by atoms with Crippen LogP contribution >= 0.6 is 0 Å². The van der Waals surface area contributed by atoms with Gasteiger partial charge in [-0.05, 0) is 42.3 Å². The summed E-state index contributed by atoms with van der Waals surface area (Å²) >= 11 is 0. The van der Waals surface area contributed by atoms with E-state index in [9.17, 15) is 19.2 Å². The smallest absolute Gasteiger partial charge is 0.295 e. The van der Waals surface area contributed by atoms with Gasteiger partial charge >= 0.3 is 11.7 Å².